The summed E-state index contributed by atoms with van der Waals surface area (Å²) in [4.78, 5) is 26.3. The molecule has 1 aromatic rings. The van der Waals surface area contributed by atoms with E-state index in [0.717, 1.165) is 44.4 Å². The highest BCUT2D eigenvalue weighted by Crippen LogP contribution is 2.32. The molecule has 0 spiro atoms. The maximum atomic E-state index is 13.2. The molecule has 0 radical (unpaired) electrons. The van der Waals surface area contributed by atoms with Crippen LogP contribution >= 0.6 is 0 Å². The number of amides is 2. The van der Waals surface area contributed by atoms with Crippen LogP contribution in [0.1, 0.15) is 61.9 Å². The maximum Gasteiger partial charge on any atom is 0.416 e. The number of nitrogens with zero attached hydrogens (tertiary/aromatic N) is 1. The van der Waals surface area contributed by atoms with Gasteiger partial charge in [0.1, 0.15) is 0 Å². The minimum absolute atomic E-state index is 0.00159. The van der Waals surface area contributed by atoms with Crippen LogP contribution in [0.15, 0.2) is 23.1 Å². The van der Waals surface area contributed by atoms with Crippen LogP contribution in [-0.2, 0) is 20.8 Å². The first kappa shape index (κ1) is 28.1. The van der Waals surface area contributed by atoms with Crippen molar-refractivity contribution in [1.29, 1.82) is 0 Å². The van der Waals surface area contributed by atoms with E-state index in [-0.39, 0.29) is 30.0 Å². The van der Waals surface area contributed by atoms with Gasteiger partial charge in [-0.3, -0.25) is 14.5 Å². The van der Waals surface area contributed by atoms with Gasteiger partial charge in [-0.05, 0) is 62.9 Å². The average molecular weight is 506 g/mol. The van der Waals surface area contributed by atoms with Crippen LogP contribution in [0, 0.1) is 5.92 Å². The topological polar surface area (TPSA) is 95.6 Å². The second-order valence-electron chi connectivity index (χ2n) is 8.91. The Morgan fingerprint density at radius 2 is 1.79 bits per heavy atom. The van der Waals surface area contributed by atoms with Gasteiger partial charge in [0.2, 0.25) is 5.91 Å². The number of alkyl halides is 3. The Morgan fingerprint density at radius 1 is 1.15 bits per heavy atom. The van der Waals surface area contributed by atoms with Crippen molar-refractivity contribution >= 4 is 21.7 Å². The van der Waals surface area contributed by atoms with Crippen LogP contribution in [0.4, 0.5) is 13.2 Å². The summed E-state index contributed by atoms with van der Waals surface area (Å²) in [6.07, 6.45) is 0.327. The molecule has 1 aliphatic heterocycles. The van der Waals surface area contributed by atoms with E-state index in [1.54, 1.807) is 0 Å². The maximum absolute atomic E-state index is 13.2. The number of carbonyl (C=O) groups is 2. The quantitative estimate of drug-likeness (QED) is 0.509. The zero-order valence-electron chi connectivity index (χ0n) is 19.9. The van der Waals surface area contributed by atoms with Gasteiger partial charge in [0.15, 0.2) is 9.84 Å². The van der Waals surface area contributed by atoms with E-state index in [4.69, 9.17) is 0 Å². The fourth-order valence-electron chi connectivity index (χ4n) is 4.00. The highest BCUT2D eigenvalue weighted by molar-refractivity contribution is 7.90. The molecular formula is C23H34F3N3O4S. The van der Waals surface area contributed by atoms with E-state index in [0.29, 0.717) is 31.8 Å². The van der Waals surface area contributed by atoms with Crippen molar-refractivity contribution in [3.8, 4) is 0 Å². The molecule has 1 unspecified atom stereocenters. The molecule has 2 amide bonds. The van der Waals surface area contributed by atoms with Crippen LogP contribution in [0.2, 0.25) is 0 Å². The molecule has 1 aliphatic rings. The number of halogens is 3. The normalized spacial score (nSPS) is 16.8. The molecule has 7 nitrogen and oxygen atoms in total. The van der Waals surface area contributed by atoms with E-state index in [9.17, 15) is 31.2 Å². The monoisotopic (exact) mass is 505 g/mol. The van der Waals surface area contributed by atoms with Gasteiger partial charge in [-0.15, -0.1) is 0 Å². The average Bonchev–Trinajstić information content (AvgIpc) is 2.76. The Balaban J connectivity index is 1.89. The van der Waals surface area contributed by atoms with Gasteiger partial charge < -0.3 is 10.6 Å². The largest absolute Gasteiger partial charge is 0.416 e. The van der Waals surface area contributed by atoms with E-state index in [2.05, 4.69) is 22.5 Å². The molecule has 0 bridgehead atoms. The fourth-order valence-corrected chi connectivity index (χ4v) is 4.68. The van der Waals surface area contributed by atoms with Crippen molar-refractivity contribution in [2.45, 2.75) is 63.1 Å². The standard InChI is InChI=1S/C23H34F3N3O4S/c1-4-6-19(5-2)28-21(30)15-29-9-7-16(8-10-29)14-27-22(31)17-11-18(23(24,25)26)13-20(12-17)34(3,32)33/h11-13,16,19H,4-10,14-15H2,1-3H3,(H,27,31)(H,28,30). The van der Waals surface area contributed by atoms with Crippen LogP contribution in [0.5, 0.6) is 0 Å². The zero-order chi connectivity index (χ0) is 25.5. The van der Waals surface area contributed by atoms with E-state index < -0.39 is 32.4 Å². The van der Waals surface area contributed by atoms with Crippen LogP contribution in [0.25, 0.3) is 0 Å². The smallest absolute Gasteiger partial charge is 0.352 e. The Labute approximate surface area is 199 Å². The van der Waals surface area contributed by atoms with Gasteiger partial charge in [-0.1, -0.05) is 20.3 Å². The SMILES string of the molecule is CCCC(CC)NC(=O)CN1CCC(CNC(=O)c2cc(C(F)(F)F)cc(S(C)(=O)=O)c2)CC1. The number of hydrogen-bond donors (Lipinski definition) is 2. The number of likely N-dealkylation sites (tertiary alicyclic amines) is 1. The minimum Gasteiger partial charge on any atom is -0.352 e. The van der Waals surface area contributed by atoms with Gasteiger partial charge in [0, 0.05) is 24.4 Å². The Morgan fingerprint density at radius 3 is 2.32 bits per heavy atom. The van der Waals surface area contributed by atoms with Crippen molar-refractivity contribution in [3.63, 3.8) is 0 Å². The Bertz CT molecular complexity index is 959. The summed E-state index contributed by atoms with van der Waals surface area (Å²) < 4.78 is 63.1. The Kier molecular flexibility index (Phi) is 9.93. The molecule has 1 aromatic carbocycles. The molecule has 0 saturated carbocycles. The van der Waals surface area contributed by atoms with Crippen molar-refractivity contribution in [2.75, 3.05) is 32.4 Å². The lowest BCUT2D eigenvalue weighted by atomic mass is 9.96. The van der Waals surface area contributed by atoms with Gasteiger partial charge in [-0.2, -0.15) is 13.2 Å². The lowest BCUT2D eigenvalue weighted by molar-refractivity contribution is -0.137. The first-order chi connectivity index (χ1) is 15.8. The van der Waals surface area contributed by atoms with Crippen molar-refractivity contribution in [2.24, 2.45) is 5.92 Å². The molecule has 34 heavy (non-hydrogen) atoms. The third-order valence-electron chi connectivity index (χ3n) is 6.04. The molecule has 1 atom stereocenters. The van der Waals surface area contributed by atoms with Gasteiger partial charge in [-0.25, -0.2) is 8.42 Å². The fraction of sp³-hybridized carbons (Fsp3) is 0.652. The lowest BCUT2D eigenvalue weighted by Gasteiger charge is -2.32. The van der Waals surface area contributed by atoms with Gasteiger partial charge in [0.25, 0.3) is 5.91 Å². The Hall–Kier alpha value is -2.14. The van der Waals surface area contributed by atoms with E-state index in [1.165, 1.54) is 0 Å². The molecule has 0 aromatic heterocycles. The molecule has 11 heteroatoms. The summed E-state index contributed by atoms with van der Waals surface area (Å²) in [6, 6.07) is 2.34. The number of nitrogens with one attached hydrogen (secondary N) is 2. The van der Waals surface area contributed by atoms with Crippen molar-refractivity contribution in [3.05, 3.63) is 29.3 Å². The lowest BCUT2D eigenvalue weighted by Crippen LogP contribution is -2.45. The molecular weight excluding hydrogens is 471 g/mol. The molecule has 2 rings (SSSR count). The third kappa shape index (κ3) is 8.57. The predicted octanol–water partition coefficient (Wildman–Crippen LogP) is 3.25. The van der Waals surface area contributed by atoms with Crippen LogP contribution < -0.4 is 10.6 Å². The highest BCUT2D eigenvalue weighted by atomic mass is 32.2. The second kappa shape index (κ2) is 12.0. The summed E-state index contributed by atoms with van der Waals surface area (Å²) in [6.45, 7) is 6.06. The van der Waals surface area contributed by atoms with Gasteiger partial charge >= 0.3 is 6.18 Å². The van der Waals surface area contributed by atoms with E-state index in [1.807, 2.05) is 6.92 Å². The minimum atomic E-state index is -4.78. The number of sulfone groups is 1. The molecule has 1 fully saturated rings. The zero-order valence-corrected chi connectivity index (χ0v) is 20.7. The van der Waals surface area contributed by atoms with E-state index >= 15 is 0 Å². The summed E-state index contributed by atoms with van der Waals surface area (Å²) in [5, 5.41) is 5.68. The molecule has 2 N–H and O–H groups in total. The third-order valence-corrected chi connectivity index (χ3v) is 7.14. The highest BCUT2D eigenvalue weighted by Gasteiger charge is 2.33. The first-order valence-electron chi connectivity index (χ1n) is 11.6. The summed E-state index contributed by atoms with van der Waals surface area (Å²) in [5.74, 6) is -0.635. The van der Waals surface area contributed by atoms with Crippen LogP contribution in [-0.4, -0.2) is 63.6 Å². The number of hydrogen-bond acceptors (Lipinski definition) is 5. The van der Waals surface area contributed by atoms with Crippen LogP contribution in [0.3, 0.4) is 0 Å². The number of rotatable bonds is 10. The number of piperidine rings is 1. The molecule has 0 aliphatic carbocycles. The van der Waals surface area contributed by atoms with Crippen molar-refractivity contribution in [1.82, 2.24) is 15.5 Å². The predicted molar refractivity (Wildman–Crippen MR) is 123 cm³/mol. The van der Waals surface area contributed by atoms with Crippen molar-refractivity contribution < 1.29 is 31.2 Å². The van der Waals surface area contributed by atoms with Gasteiger partial charge in [0.05, 0.1) is 17.0 Å². The second-order valence-corrected chi connectivity index (χ2v) is 10.9. The molecule has 1 saturated heterocycles. The number of benzene rings is 1. The number of carbonyl (C=O) groups excluding carboxylic acids is 2. The summed E-state index contributed by atoms with van der Waals surface area (Å²) >= 11 is 0. The summed E-state index contributed by atoms with van der Waals surface area (Å²) in [7, 11) is -3.92. The molecule has 1 heterocycles. The molecule has 192 valence electrons. The first-order valence-corrected chi connectivity index (χ1v) is 13.4. The summed E-state index contributed by atoms with van der Waals surface area (Å²) in [5.41, 5.74) is -1.53.